The van der Waals surface area contributed by atoms with E-state index < -0.39 is 5.97 Å². The van der Waals surface area contributed by atoms with Crippen molar-refractivity contribution in [3.8, 4) is 5.75 Å². The van der Waals surface area contributed by atoms with Gasteiger partial charge in [0.2, 0.25) is 0 Å². The van der Waals surface area contributed by atoms with Crippen LogP contribution < -0.4 is 4.74 Å². The summed E-state index contributed by atoms with van der Waals surface area (Å²) in [5, 5.41) is 0. The Kier molecular flexibility index (Phi) is 6.67. The maximum absolute atomic E-state index is 12.2. The second-order valence-electron chi connectivity index (χ2n) is 6.36. The second kappa shape index (κ2) is 9.59. The Labute approximate surface area is 168 Å². The van der Waals surface area contributed by atoms with E-state index in [4.69, 9.17) is 13.9 Å². The number of esters is 1. The van der Waals surface area contributed by atoms with Crippen molar-refractivity contribution in [1.29, 1.82) is 0 Å². The van der Waals surface area contributed by atoms with E-state index in [1.54, 1.807) is 59.4 Å². The molecule has 0 unspecified atom stereocenters. The summed E-state index contributed by atoms with van der Waals surface area (Å²) in [5.74, 6) is -0.0806. The molecule has 0 aliphatic carbocycles. The average molecular weight is 398 g/mol. The second-order valence-corrected chi connectivity index (χ2v) is 6.36. The third-order valence-corrected chi connectivity index (χ3v) is 4.52. The Bertz CT molecular complexity index is 865. The summed E-state index contributed by atoms with van der Waals surface area (Å²) in [6.45, 7) is 1.22. The lowest BCUT2D eigenvalue weighted by Gasteiger charge is -2.34. The van der Waals surface area contributed by atoms with Gasteiger partial charge >= 0.3 is 5.97 Å². The summed E-state index contributed by atoms with van der Waals surface area (Å²) >= 11 is 0. The minimum absolute atomic E-state index is 0.197. The molecule has 1 aromatic carbocycles. The maximum atomic E-state index is 12.2. The van der Waals surface area contributed by atoms with Gasteiger partial charge in [0.25, 0.3) is 11.8 Å². The van der Waals surface area contributed by atoms with Crippen LogP contribution in [0.1, 0.15) is 16.1 Å². The van der Waals surface area contributed by atoms with E-state index >= 15 is 0 Å². The van der Waals surface area contributed by atoms with Gasteiger partial charge in [-0.3, -0.25) is 9.59 Å². The molecule has 1 aliphatic heterocycles. The molecule has 0 radical (unpaired) electrons. The molecule has 2 aromatic rings. The topological polar surface area (TPSA) is 89.3 Å². The van der Waals surface area contributed by atoms with Crippen molar-refractivity contribution in [3.05, 3.63) is 60.1 Å². The summed E-state index contributed by atoms with van der Waals surface area (Å²) < 4.78 is 15.2. The molecule has 0 N–H and O–H groups in total. The Hall–Kier alpha value is -3.55. The Morgan fingerprint density at radius 1 is 1.03 bits per heavy atom. The molecule has 152 valence electrons. The lowest BCUT2D eigenvalue weighted by molar-refractivity contribution is -0.148. The minimum atomic E-state index is -0.596. The first-order valence-electron chi connectivity index (χ1n) is 9.16. The molecule has 1 aliphatic rings. The fraction of sp³-hybridized carbons (Fsp3) is 0.286. The number of ether oxygens (including phenoxy) is 2. The Morgan fingerprint density at radius 2 is 1.72 bits per heavy atom. The van der Waals surface area contributed by atoms with E-state index in [0.29, 0.717) is 26.2 Å². The van der Waals surface area contributed by atoms with Crippen LogP contribution in [0.5, 0.6) is 5.75 Å². The molecule has 1 aromatic heterocycles. The number of amides is 2. The third kappa shape index (κ3) is 5.47. The van der Waals surface area contributed by atoms with Crippen LogP contribution in [0, 0.1) is 0 Å². The highest BCUT2D eigenvalue weighted by Crippen LogP contribution is 2.12. The number of hydrogen-bond acceptors (Lipinski definition) is 6. The van der Waals surface area contributed by atoms with Gasteiger partial charge in [-0.05, 0) is 35.9 Å². The van der Waals surface area contributed by atoms with Crippen LogP contribution in [0.2, 0.25) is 0 Å². The predicted octanol–water partition coefficient (Wildman–Crippen LogP) is 1.83. The fourth-order valence-corrected chi connectivity index (χ4v) is 2.87. The van der Waals surface area contributed by atoms with E-state index in [2.05, 4.69) is 0 Å². The van der Waals surface area contributed by atoms with Gasteiger partial charge in [-0.2, -0.15) is 0 Å². The first-order chi connectivity index (χ1) is 14.1. The highest BCUT2D eigenvalue weighted by Gasteiger charge is 2.26. The van der Waals surface area contributed by atoms with Crippen LogP contribution in [0.3, 0.4) is 0 Å². The smallest absolute Gasteiger partial charge is 0.331 e. The van der Waals surface area contributed by atoms with Gasteiger partial charge in [-0.1, -0.05) is 12.1 Å². The zero-order chi connectivity index (χ0) is 20.6. The summed E-state index contributed by atoms with van der Waals surface area (Å²) in [4.78, 5) is 39.5. The highest BCUT2D eigenvalue weighted by atomic mass is 16.5. The zero-order valence-corrected chi connectivity index (χ0v) is 16.1. The standard InChI is InChI=1S/C21H22N2O6/c1-27-17-7-4-16(5-8-17)6-9-20(25)29-15-19(24)22-10-12-23(13-11-22)21(26)18-3-2-14-28-18/h2-9,14H,10-13,15H2,1H3/b9-6+. The molecule has 0 atom stereocenters. The predicted molar refractivity (Wildman–Crippen MR) is 104 cm³/mol. The molecule has 8 nitrogen and oxygen atoms in total. The molecule has 0 bridgehead atoms. The van der Waals surface area contributed by atoms with Gasteiger partial charge < -0.3 is 23.7 Å². The number of methoxy groups -OCH3 is 1. The van der Waals surface area contributed by atoms with Gasteiger partial charge in [-0.25, -0.2) is 4.79 Å². The lowest BCUT2D eigenvalue weighted by atomic mass is 10.2. The molecule has 0 spiro atoms. The van der Waals surface area contributed by atoms with E-state index in [-0.39, 0.29) is 24.2 Å². The highest BCUT2D eigenvalue weighted by molar-refractivity contribution is 5.92. The van der Waals surface area contributed by atoms with Crippen molar-refractivity contribution in [3.63, 3.8) is 0 Å². The number of nitrogens with zero attached hydrogens (tertiary/aromatic N) is 2. The number of carbonyl (C=O) groups is 3. The van der Waals surface area contributed by atoms with E-state index in [1.807, 2.05) is 0 Å². The number of rotatable bonds is 6. The maximum Gasteiger partial charge on any atom is 0.331 e. The fourth-order valence-electron chi connectivity index (χ4n) is 2.87. The molecule has 3 rings (SSSR count). The molecule has 1 saturated heterocycles. The van der Waals surface area contributed by atoms with Crippen molar-refractivity contribution in [2.45, 2.75) is 0 Å². The molecule has 29 heavy (non-hydrogen) atoms. The van der Waals surface area contributed by atoms with Crippen LogP contribution >= 0.6 is 0 Å². The van der Waals surface area contributed by atoms with Gasteiger partial charge in [0.15, 0.2) is 12.4 Å². The number of benzene rings is 1. The van der Waals surface area contributed by atoms with Gasteiger partial charge in [-0.15, -0.1) is 0 Å². The van der Waals surface area contributed by atoms with E-state index in [9.17, 15) is 14.4 Å². The van der Waals surface area contributed by atoms with E-state index in [1.165, 1.54) is 12.3 Å². The summed E-state index contributed by atoms with van der Waals surface area (Å²) in [6.07, 6.45) is 4.32. The van der Waals surface area contributed by atoms with Crippen molar-refractivity contribution in [1.82, 2.24) is 9.80 Å². The van der Waals surface area contributed by atoms with Crippen LogP contribution in [-0.2, 0) is 14.3 Å². The Balaban J connectivity index is 1.40. The number of hydrogen-bond donors (Lipinski definition) is 0. The zero-order valence-electron chi connectivity index (χ0n) is 16.1. The minimum Gasteiger partial charge on any atom is -0.497 e. The van der Waals surface area contributed by atoms with Crippen molar-refractivity contribution in [2.24, 2.45) is 0 Å². The van der Waals surface area contributed by atoms with Crippen LogP contribution in [-0.4, -0.2) is 67.5 Å². The van der Waals surface area contributed by atoms with Crippen LogP contribution in [0.4, 0.5) is 0 Å². The number of carbonyl (C=O) groups excluding carboxylic acids is 3. The molecule has 1 fully saturated rings. The summed E-state index contributed by atoms with van der Waals surface area (Å²) in [5.41, 5.74) is 0.812. The van der Waals surface area contributed by atoms with Gasteiger partial charge in [0.1, 0.15) is 5.75 Å². The quantitative estimate of drug-likeness (QED) is 0.545. The van der Waals surface area contributed by atoms with Crippen LogP contribution in [0.25, 0.3) is 6.08 Å². The molecule has 8 heteroatoms. The Morgan fingerprint density at radius 3 is 2.34 bits per heavy atom. The average Bonchev–Trinajstić information content (AvgIpc) is 3.31. The monoisotopic (exact) mass is 398 g/mol. The van der Waals surface area contributed by atoms with Crippen molar-refractivity contribution >= 4 is 23.9 Å². The van der Waals surface area contributed by atoms with Crippen molar-refractivity contribution in [2.75, 3.05) is 39.9 Å². The largest absolute Gasteiger partial charge is 0.497 e. The summed E-state index contributed by atoms with van der Waals surface area (Å²) in [6, 6.07) is 10.4. The SMILES string of the molecule is COc1ccc(/C=C/C(=O)OCC(=O)N2CCN(C(=O)c3ccco3)CC2)cc1. The normalized spacial score (nSPS) is 14.1. The summed E-state index contributed by atoms with van der Waals surface area (Å²) in [7, 11) is 1.58. The number of piperazine rings is 1. The number of furan rings is 1. The molecular formula is C21H22N2O6. The first-order valence-corrected chi connectivity index (χ1v) is 9.16. The molecule has 2 heterocycles. The third-order valence-electron chi connectivity index (χ3n) is 4.52. The molecule has 2 amide bonds. The van der Waals surface area contributed by atoms with Gasteiger partial charge in [0.05, 0.1) is 13.4 Å². The lowest BCUT2D eigenvalue weighted by Crippen LogP contribution is -2.51. The molecule has 0 saturated carbocycles. The van der Waals surface area contributed by atoms with E-state index in [0.717, 1.165) is 11.3 Å². The van der Waals surface area contributed by atoms with Gasteiger partial charge in [0, 0.05) is 32.3 Å². The first kappa shape index (κ1) is 20.2. The van der Waals surface area contributed by atoms with Crippen molar-refractivity contribution < 1.29 is 28.3 Å². The molecular weight excluding hydrogens is 376 g/mol. The van der Waals surface area contributed by atoms with Crippen LogP contribution in [0.15, 0.2) is 53.2 Å².